The van der Waals surface area contributed by atoms with Crippen LogP contribution in [0.2, 0.25) is 0 Å². The van der Waals surface area contributed by atoms with Gasteiger partial charge in [-0.1, -0.05) is 0 Å². The summed E-state index contributed by atoms with van der Waals surface area (Å²) in [5, 5.41) is 0. The molecule has 2 heteroatoms. The Hall–Kier alpha value is -0.890. The van der Waals surface area contributed by atoms with Gasteiger partial charge in [0.25, 0.3) is 0 Å². The van der Waals surface area contributed by atoms with Gasteiger partial charge in [-0.3, -0.25) is 9.88 Å². The SMILES string of the molecule is Cc1cc(C2CN(C(C)C)C2)ccn1. The molecular formula is C12H18N2. The second-order valence-corrected chi connectivity index (χ2v) is 4.48. The van der Waals surface area contributed by atoms with Crippen LogP contribution in [0.5, 0.6) is 0 Å². The van der Waals surface area contributed by atoms with Gasteiger partial charge in [0.1, 0.15) is 0 Å². The third-order valence-corrected chi connectivity index (χ3v) is 3.03. The zero-order chi connectivity index (χ0) is 10.1. The van der Waals surface area contributed by atoms with Crippen molar-refractivity contribution in [2.24, 2.45) is 0 Å². The van der Waals surface area contributed by atoms with Gasteiger partial charge < -0.3 is 0 Å². The van der Waals surface area contributed by atoms with Gasteiger partial charge in [0.2, 0.25) is 0 Å². The highest BCUT2D eigenvalue weighted by atomic mass is 15.2. The number of pyridine rings is 1. The Bertz CT molecular complexity index is 314. The van der Waals surface area contributed by atoms with E-state index in [0.717, 1.165) is 11.6 Å². The normalized spacial score (nSPS) is 18.6. The quantitative estimate of drug-likeness (QED) is 0.710. The summed E-state index contributed by atoms with van der Waals surface area (Å²) in [5.74, 6) is 0.735. The Balaban J connectivity index is 2.00. The highest BCUT2D eigenvalue weighted by molar-refractivity contribution is 5.23. The van der Waals surface area contributed by atoms with Gasteiger partial charge in [0, 0.05) is 36.9 Å². The van der Waals surface area contributed by atoms with Gasteiger partial charge in [-0.2, -0.15) is 0 Å². The van der Waals surface area contributed by atoms with Crippen LogP contribution in [-0.4, -0.2) is 29.0 Å². The Kier molecular flexibility index (Phi) is 2.55. The molecule has 1 aromatic rings. The summed E-state index contributed by atoms with van der Waals surface area (Å²) in [5.41, 5.74) is 2.58. The van der Waals surface area contributed by atoms with Crippen molar-refractivity contribution in [3.8, 4) is 0 Å². The molecule has 0 radical (unpaired) electrons. The summed E-state index contributed by atoms with van der Waals surface area (Å²) in [4.78, 5) is 6.72. The molecule has 1 aliphatic heterocycles. The average molecular weight is 190 g/mol. The molecule has 1 fully saturated rings. The van der Waals surface area contributed by atoms with Crippen molar-refractivity contribution >= 4 is 0 Å². The second-order valence-electron chi connectivity index (χ2n) is 4.48. The number of hydrogen-bond acceptors (Lipinski definition) is 2. The molecule has 0 unspecified atom stereocenters. The standard InChI is InChI=1S/C12H18N2/c1-9(2)14-7-12(8-14)11-4-5-13-10(3)6-11/h4-6,9,12H,7-8H2,1-3H3. The van der Waals surface area contributed by atoms with E-state index < -0.39 is 0 Å². The molecule has 76 valence electrons. The summed E-state index contributed by atoms with van der Waals surface area (Å²) >= 11 is 0. The predicted octanol–water partition coefficient (Wildman–Crippen LogP) is 2.20. The number of hydrogen-bond donors (Lipinski definition) is 0. The first-order chi connectivity index (χ1) is 6.66. The highest BCUT2D eigenvalue weighted by Gasteiger charge is 2.29. The lowest BCUT2D eigenvalue weighted by Gasteiger charge is -2.42. The van der Waals surface area contributed by atoms with Crippen LogP contribution in [-0.2, 0) is 0 Å². The topological polar surface area (TPSA) is 16.1 Å². The fourth-order valence-electron chi connectivity index (χ4n) is 1.97. The Morgan fingerprint density at radius 3 is 2.71 bits per heavy atom. The lowest BCUT2D eigenvalue weighted by molar-refractivity contribution is 0.110. The number of aryl methyl sites for hydroxylation is 1. The fraction of sp³-hybridized carbons (Fsp3) is 0.583. The van der Waals surface area contributed by atoms with E-state index in [1.165, 1.54) is 18.7 Å². The third-order valence-electron chi connectivity index (χ3n) is 3.03. The zero-order valence-corrected chi connectivity index (χ0v) is 9.20. The molecule has 0 amide bonds. The van der Waals surface area contributed by atoms with Crippen LogP contribution in [0, 0.1) is 6.92 Å². The lowest BCUT2D eigenvalue weighted by atomic mass is 9.90. The summed E-state index contributed by atoms with van der Waals surface area (Å²) in [6.45, 7) is 8.99. The number of likely N-dealkylation sites (tertiary alicyclic amines) is 1. The van der Waals surface area contributed by atoms with Crippen molar-refractivity contribution in [2.75, 3.05) is 13.1 Å². The van der Waals surface area contributed by atoms with Crippen LogP contribution in [0.3, 0.4) is 0 Å². The van der Waals surface area contributed by atoms with E-state index in [1.807, 2.05) is 6.20 Å². The van der Waals surface area contributed by atoms with E-state index in [9.17, 15) is 0 Å². The van der Waals surface area contributed by atoms with Crippen molar-refractivity contribution < 1.29 is 0 Å². The van der Waals surface area contributed by atoms with E-state index in [-0.39, 0.29) is 0 Å². The predicted molar refractivity (Wildman–Crippen MR) is 58.4 cm³/mol. The molecule has 1 aromatic heterocycles. The molecule has 0 bridgehead atoms. The second kappa shape index (κ2) is 3.70. The van der Waals surface area contributed by atoms with Crippen LogP contribution in [0.1, 0.15) is 31.0 Å². The number of nitrogens with zero attached hydrogens (tertiary/aromatic N) is 2. The van der Waals surface area contributed by atoms with Crippen LogP contribution < -0.4 is 0 Å². The largest absolute Gasteiger partial charge is 0.300 e. The van der Waals surface area contributed by atoms with Crippen LogP contribution in [0.15, 0.2) is 18.3 Å². The third kappa shape index (κ3) is 1.80. The van der Waals surface area contributed by atoms with Crippen LogP contribution in [0.25, 0.3) is 0 Å². The van der Waals surface area contributed by atoms with E-state index >= 15 is 0 Å². The average Bonchev–Trinajstić information content (AvgIpc) is 2.00. The summed E-state index contributed by atoms with van der Waals surface area (Å²) < 4.78 is 0. The van der Waals surface area contributed by atoms with E-state index in [2.05, 4.69) is 42.8 Å². The first kappa shape index (κ1) is 9.66. The van der Waals surface area contributed by atoms with E-state index in [0.29, 0.717) is 6.04 Å². The van der Waals surface area contributed by atoms with Crippen molar-refractivity contribution in [3.05, 3.63) is 29.6 Å². The maximum atomic E-state index is 4.22. The zero-order valence-electron chi connectivity index (χ0n) is 9.20. The summed E-state index contributed by atoms with van der Waals surface area (Å²) in [7, 11) is 0. The van der Waals surface area contributed by atoms with Crippen molar-refractivity contribution in [3.63, 3.8) is 0 Å². The first-order valence-corrected chi connectivity index (χ1v) is 5.33. The van der Waals surface area contributed by atoms with Gasteiger partial charge in [-0.15, -0.1) is 0 Å². The first-order valence-electron chi connectivity index (χ1n) is 5.33. The highest BCUT2D eigenvalue weighted by Crippen LogP contribution is 2.28. The lowest BCUT2D eigenvalue weighted by Crippen LogP contribution is -2.48. The molecule has 0 atom stereocenters. The van der Waals surface area contributed by atoms with Crippen LogP contribution >= 0.6 is 0 Å². The molecule has 14 heavy (non-hydrogen) atoms. The molecule has 0 aromatic carbocycles. The minimum absolute atomic E-state index is 0.689. The molecule has 1 aliphatic rings. The summed E-state index contributed by atoms with van der Waals surface area (Å²) in [6, 6.07) is 5.05. The maximum absolute atomic E-state index is 4.22. The van der Waals surface area contributed by atoms with Gasteiger partial charge in [-0.05, 0) is 38.5 Å². The van der Waals surface area contributed by atoms with Crippen molar-refractivity contribution in [1.29, 1.82) is 0 Å². The van der Waals surface area contributed by atoms with Gasteiger partial charge in [0.15, 0.2) is 0 Å². The monoisotopic (exact) mass is 190 g/mol. The minimum Gasteiger partial charge on any atom is -0.300 e. The number of aromatic nitrogens is 1. The Morgan fingerprint density at radius 1 is 1.43 bits per heavy atom. The molecule has 0 saturated carbocycles. The molecule has 0 N–H and O–H groups in total. The minimum atomic E-state index is 0.689. The fourth-order valence-corrected chi connectivity index (χ4v) is 1.97. The molecule has 0 spiro atoms. The Morgan fingerprint density at radius 2 is 2.14 bits per heavy atom. The molecule has 2 nitrogen and oxygen atoms in total. The molecule has 2 rings (SSSR count). The van der Waals surface area contributed by atoms with Crippen molar-refractivity contribution in [2.45, 2.75) is 32.7 Å². The van der Waals surface area contributed by atoms with E-state index in [1.54, 1.807) is 0 Å². The molecular weight excluding hydrogens is 172 g/mol. The molecule has 2 heterocycles. The molecule has 1 saturated heterocycles. The van der Waals surface area contributed by atoms with E-state index in [4.69, 9.17) is 0 Å². The van der Waals surface area contributed by atoms with Crippen LogP contribution in [0.4, 0.5) is 0 Å². The van der Waals surface area contributed by atoms with Gasteiger partial charge >= 0.3 is 0 Å². The van der Waals surface area contributed by atoms with Gasteiger partial charge in [0.05, 0.1) is 0 Å². The number of rotatable bonds is 2. The van der Waals surface area contributed by atoms with Crippen molar-refractivity contribution in [1.82, 2.24) is 9.88 Å². The Labute approximate surface area is 86.0 Å². The smallest absolute Gasteiger partial charge is 0.0375 e. The summed E-state index contributed by atoms with van der Waals surface area (Å²) in [6.07, 6.45) is 1.92. The molecule has 0 aliphatic carbocycles. The van der Waals surface area contributed by atoms with Gasteiger partial charge in [-0.25, -0.2) is 0 Å². The maximum Gasteiger partial charge on any atom is 0.0375 e.